The maximum Gasteiger partial charge on any atom is 0.229 e. The first-order chi connectivity index (χ1) is 12.7. The molecule has 9 heteroatoms. The van der Waals surface area contributed by atoms with Gasteiger partial charge in [0.15, 0.2) is 0 Å². The number of nitrogens with one attached hydrogen (secondary N) is 2. The molecule has 0 unspecified atom stereocenters. The Morgan fingerprint density at radius 3 is 2.59 bits per heavy atom. The highest BCUT2D eigenvalue weighted by Gasteiger charge is 2.15. The molecule has 3 rings (SSSR count). The zero-order valence-corrected chi connectivity index (χ0v) is 15.1. The van der Waals surface area contributed by atoms with E-state index >= 15 is 0 Å². The number of aromatic nitrogens is 2. The van der Waals surface area contributed by atoms with Crippen molar-refractivity contribution in [1.82, 2.24) is 9.97 Å². The smallest absolute Gasteiger partial charge is 0.229 e. The highest BCUT2D eigenvalue weighted by atomic mass is 32.2. The number of hydrogen-bond acceptors (Lipinski definition) is 5. The average molecular weight is 388 g/mol. The van der Waals surface area contributed by atoms with Crippen LogP contribution in [0.15, 0.2) is 42.8 Å². The monoisotopic (exact) mass is 388 g/mol. The standard InChI is InChI=1S/C18H17FN4O3S/c1-10(24)7-13-15(8-20)22-18-17(13)16(14(19)9-21-18)11-3-5-12(6-4-11)23-27(2,25)26/h3-9,23-24H,1,20H2,2H3,(H,21,22)/b13-7+,15-8+. The quantitative estimate of drug-likeness (QED) is 0.502. The van der Waals surface area contributed by atoms with Gasteiger partial charge in [0.1, 0.15) is 17.2 Å². The Hall–Kier alpha value is -3.33. The lowest BCUT2D eigenvalue weighted by molar-refractivity contribution is 0.444. The number of allylic oxidation sites excluding steroid dienone is 1. The van der Waals surface area contributed by atoms with E-state index in [-0.39, 0.29) is 11.3 Å². The van der Waals surface area contributed by atoms with E-state index < -0.39 is 15.8 Å². The minimum Gasteiger partial charge on any atom is -0.509 e. The van der Waals surface area contributed by atoms with Crippen LogP contribution in [-0.2, 0) is 10.0 Å². The van der Waals surface area contributed by atoms with Crippen molar-refractivity contribution < 1.29 is 17.9 Å². The Kier molecular flexibility index (Phi) is 4.63. The van der Waals surface area contributed by atoms with Gasteiger partial charge in [0.25, 0.3) is 0 Å². The third-order valence-electron chi connectivity index (χ3n) is 3.80. The Balaban J connectivity index is 2.30. The van der Waals surface area contributed by atoms with Crippen LogP contribution in [0.5, 0.6) is 0 Å². The molecule has 2 aromatic heterocycles. The predicted molar refractivity (Wildman–Crippen MR) is 104 cm³/mol. The molecule has 0 atom stereocenters. The SMILES string of the molecule is C=C(O)/C=c1\c(=C/N)[nH]c2ncc(F)c(-c3ccc(NS(C)(=O)=O)cc3)c12. The summed E-state index contributed by atoms with van der Waals surface area (Å²) in [6.07, 6.45) is 4.77. The number of rotatable bonds is 4. The van der Waals surface area contributed by atoms with Crippen molar-refractivity contribution in [3.05, 3.63) is 59.2 Å². The molecule has 2 heterocycles. The summed E-state index contributed by atoms with van der Waals surface area (Å²) in [7, 11) is -3.42. The van der Waals surface area contributed by atoms with E-state index in [2.05, 4.69) is 21.3 Å². The third kappa shape index (κ3) is 3.77. The number of anilines is 1. The number of fused-ring (bicyclic) bond motifs is 1. The van der Waals surface area contributed by atoms with Crippen LogP contribution in [0.2, 0.25) is 0 Å². The molecule has 27 heavy (non-hydrogen) atoms. The number of halogens is 1. The van der Waals surface area contributed by atoms with Crippen LogP contribution in [0.4, 0.5) is 10.1 Å². The van der Waals surface area contributed by atoms with Crippen LogP contribution >= 0.6 is 0 Å². The molecule has 3 aromatic rings. The van der Waals surface area contributed by atoms with E-state index in [1.165, 1.54) is 24.4 Å². The minimum atomic E-state index is -3.42. The van der Waals surface area contributed by atoms with Crippen LogP contribution in [0.3, 0.4) is 0 Å². The summed E-state index contributed by atoms with van der Waals surface area (Å²) < 4.78 is 39.7. The molecule has 0 spiro atoms. The highest BCUT2D eigenvalue weighted by Crippen LogP contribution is 2.28. The summed E-state index contributed by atoms with van der Waals surface area (Å²) in [4.78, 5) is 7.01. The molecule has 7 nitrogen and oxygen atoms in total. The molecule has 0 saturated carbocycles. The Morgan fingerprint density at radius 1 is 1.37 bits per heavy atom. The van der Waals surface area contributed by atoms with Gasteiger partial charge in [-0.2, -0.15) is 0 Å². The van der Waals surface area contributed by atoms with Gasteiger partial charge in [-0.3, -0.25) is 4.72 Å². The van der Waals surface area contributed by atoms with E-state index in [0.717, 1.165) is 12.5 Å². The van der Waals surface area contributed by atoms with E-state index in [1.54, 1.807) is 12.1 Å². The van der Waals surface area contributed by atoms with Gasteiger partial charge in [0.05, 0.1) is 17.8 Å². The number of sulfonamides is 1. The van der Waals surface area contributed by atoms with E-state index in [0.29, 0.717) is 32.9 Å². The molecule has 0 bridgehead atoms. The van der Waals surface area contributed by atoms with Crippen molar-refractivity contribution in [2.24, 2.45) is 5.73 Å². The first kappa shape index (κ1) is 18.5. The van der Waals surface area contributed by atoms with Crippen molar-refractivity contribution >= 4 is 39.0 Å². The lowest BCUT2D eigenvalue weighted by Crippen LogP contribution is -2.24. The summed E-state index contributed by atoms with van der Waals surface area (Å²) in [6.45, 7) is 3.43. The largest absolute Gasteiger partial charge is 0.509 e. The van der Waals surface area contributed by atoms with Crippen LogP contribution in [0.1, 0.15) is 0 Å². The third-order valence-corrected chi connectivity index (χ3v) is 4.41. The number of benzene rings is 1. The molecule has 0 amide bonds. The van der Waals surface area contributed by atoms with Gasteiger partial charge in [0, 0.05) is 28.1 Å². The Morgan fingerprint density at radius 2 is 2.04 bits per heavy atom. The maximum absolute atomic E-state index is 14.7. The van der Waals surface area contributed by atoms with Gasteiger partial charge < -0.3 is 15.8 Å². The van der Waals surface area contributed by atoms with E-state index in [1.807, 2.05) is 0 Å². The van der Waals surface area contributed by atoms with Crippen LogP contribution in [0, 0.1) is 5.82 Å². The first-order valence-electron chi connectivity index (χ1n) is 7.75. The lowest BCUT2D eigenvalue weighted by atomic mass is 10.0. The number of aromatic amines is 1. The summed E-state index contributed by atoms with van der Waals surface area (Å²) in [5.41, 5.74) is 7.10. The van der Waals surface area contributed by atoms with Gasteiger partial charge in [-0.05, 0) is 23.8 Å². The van der Waals surface area contributed by atoms with Gasteiger partial charge >= 0.3 is 0 Å². The zero-order chi connectivity index (χ0) is 19.8. The minimum absolute atomic E-state index is 0.220. The van der Waals surface area contributed by atoms with Gasteiger partial charge in [-0.1, -0.05) is 18.7 Å². The molecule has 140 valence electrons. The molecule has 0 fully saturated rings. The topological polar surface area (TPSA) is 121 Å². The van der Waals surface area contributed by atoms with Crippen molar-refractivity contribution in [2.45, 2.75) is 0 Å². The summed E-state index contributed by atoms with van der Waals surface area (Å²) in [6, 6.07) is 6.22. The van der Waals surface area contributed by atoms with Crippen LogP contribution in [0.25, 0.3) is 34.4 Å². The molecule has 0 aliphatic heterocycles. The zero-order valence-electron chi connectivity index (χ0n) is 14.3. The van der Waals surface area contributed by atoms with Gasteiger partial charge in [-0.25, -0.2) is 17.8 Å². The fourth-order valence-corrected chi connectivity index (χ4v) is 3.39. The summed E-state index contributed by atoms with van der Waals surface area (Å²) in [5.74, 6) is -0.797. The number of aliphatic hydroxyl groups is 1. The predicted octanol–water partition coefficient (Wildman–Crippen LogP) is 1.29. The second-order valence-electron chi connectivity index (χ2n) is 5.91. The van der Waals surface area contributed by atoms with Gasteiger partial charge in [0.2, 0.25) is 10.0 Å². The lowest BCUT2D eigenvalue weighted by Gasteiger charge is -2.08. The molecule has 5 N–H and O–H groups in total. The van der Waals surface area contributed by atoms with Crippen molar-refractivity contribution in [3.8, 4) is 11.1 Å². The molecule has 1 aromatic carbocycles. The number of pyridine rings is 1. The molecular formula is C18H17FN4O3S. The highest BCUT2D eigenvalue weighted by molar-refractivity contribution is 7.92. The number of hydrogen-bond donors (Lipinski definition) is 4. The maximum atomic E-state index is 14.7. The van der Waals surface area contributed by atoms with E-state index in [9.17, 15) is 17.9 Å². The molecule has 0 aliphatic rings. The number of nitrogens with two attached hydrogens (primary N) is 1. The van der Waals surface area contributed by atoms with Crippen molar-refractivity contribution in [3.63, 3.8) is 0 Å². The summed E-state index contributed by atoms with van der Waals surface area (Å²) in [5, 5.41) is 10.9. The fraction of sp³-hybridized carbons (Fsp3) is 0.0556. The summed E-state index contributed by atoms with van der Waals surface area (Å²) >= 11 is 0. The fourth-order valence-electron chi connectivity index (χ4n) is 2.82. The van der Waals surface area contributed by atoms with Crippen LogP contribution in [-0.4, -0.2) is 29.7 Å². The van der Waals surface area contributed by atoms with Crippen LogP contribution < -0.4 is 21.0 Å². The second kappa shape index (κ2) is 6.76. The number of aliphatic hydroxyl groups excluding tert-OH is 1. The second-order valence-corrected chi connectivity index (χ2v) is 7.66. The van der Waals surface area contributed by atoms with Gasteiger partial charge in [-0.15, -0.1) is 0 Å². The number of nitrogens with zero attached hydrogens (tertiary/aromatic N) is 1. The van der Waals surface area contributed by atoms with E-state index in [4.69, 9.17) is 5.73 Å². The molecule has 0 aliphatic carbocycles. The Bertz CT molecular complexity index is 1260. The van der Waals surface area contributed by atoms with Crippen molar-refractivity contribution in [2.75, 3.05) is 11.0 Å². The average Bonchev–Trinajstić information content (AvgIpc) is 2.92. The molecule has 0 saturated heterocycles. The molecule has 0 radical (unpaired) electrons. The molecular weight excluding hydrogens is 371 g/mol. The first-order valence-corrected chi connectivity index (χ1v) is 9.64. The number of H-pyrrole nitrogens is 1. The van der Waals surface area contributed by atoms with Crippen molar-refractivity contribution in [1.29, 1.82) is 0 Å². The Labute approximate surface area is 154 Å². The normalized spacial score (nSPS) is 13.3.